The highest BCUT2D eigenvalue weighted by Gasteiger charge is 2.29. The Morgan fingerprint density at radius 2 is 1.84 bits per heavy atom. The molecule has 1 aliphatic heterocycles. The molecule has 8 heteroatoms. The number of nitrogens with one attached hydrogen (secondary N) is 2. The van der Waals surface area contributed by atoms with E-state index in [1.807, 2.05) is 19.1 Å². The van der Waals surface area contributed by atoms with Gasteiger partial charge in [0.2, 0.25) is 10.0 Å². The first-order valence-corrected chi connectivity index (χ1v) is 12.0. The van der Waals surface area contributed by atoms with Crippen LogP contribution in [0.15, 0.2) is 58.4 Å². The molecule has 31 heavy (non-hydrogen) atoms. The molecular weight excluding hydrogens is 412 g/mol. The van der Waals surface area contributed by atoms with Crippen molar-refractivity contribution >= 4 is 16.0 Å². The van der Waals surface area contributed by atoms with Crippen molar-refractivity contribution in [1.82, 2.24) is 14.9 Å². The Kier molecular flexibility index (Phi) is 7.92. The zero-order valence-electron chi connectivity index (χ0n) is 18.5. The molecule has 0 unspecified atom stereocenters. The zero-order valence-corrected chi connectivity index (χ0v) is 19.3. The van der Waals surface area contributed by atoms with Gasteiger partial charge in [-0.05, 0) is 49.4 Å². The molecule has 0 radical (unpaired) electrons. The first-order chi connectivity index (χ1) is 14.9. The fraction of sp³-hybridized carbons (Fsp3) is 0.435. The van der Waals surface area contributed by atoms with E-state index >= 15 is 0 Å². The van der Waals surface area contributed by atoms with Crippen molar-refractivity contribution in [3.05, 3.63) is 59.7 Å². The lowest BCUT2D eigenvalue weighted by molar-refractivity contribution is 0.273. The lowest BCUT2D eigenvalue weighted by Crippen LogP contribution is -2.44. The highest BCUT2D eigenvalue weighted by molar-refractivity contribution is 7.89. The van der Waals surface area contributed by atoms with Gasteiger partial charge >= 0.3 is 0 Å². The number of nitrogens with zero attached hydrogens (tertiary/aromatic N) is 2. The van der Waals surface area contributed by atoms with Gasteiger partial charge in [0, 0.05) is 38.8 Å². The van der Waals surface area contributed by atoms with Gasteiger partial charge in [-0.3, -0.25) is 4.99 Å². The third-order valence-corrected chi connectivity index (χ3v) is 7.54. The van der Waals surface area contributed by atoms with Gasteiger partial charge in [0.15, 0.2) is 5.96 Å². The highest BCUT2D eigenvalue weighted by Crippen LogP contribution is 2.23. The Balaban J connectivity index is 1.47. The molecule has 3 rings (SSSR count). The minimum atomic E-state index is -3.41. The molecule has 2 aromatic rings. The van der Waals surface area contributed by atoms with E-state index in [9.17, 15) is 8.42 Å². The third-order valence-electron chi connectivity index (χ3n) is 5.63. The second-order valence-corrected chi connectivity index (χ2v) is 9.72. The van der Waals surface area contributed by atoms with Crippen LogP contribution in [0.3, 0.4) is 0 Å². The minimum absolute atomic E-state index is 0.364. The summed E-state index contributed by atoms with van der Waals surface area (Å²) in [5.74, 6) is 1.98. The number of aryl methyl sites for hydroxylation is 1. The Morgan fingerprint density at radius 1 is 1.13 bits per heavy atom. The highest BCUT2D eigenvalue weighted by atomic mass is 32.2. The van der Waals surface area contributed by atoms with Crippen molar-refractivity contribution < 1.29 is 13.2 Å². The lowest BCUT2D eigenvalue weighted by atomic mass is 9.98. The van der Waals surface area contributed by atoms with Crippen molar-refractivity contribution in [3.63, 3.8) is 0 Å². The van der Waals surface area contributed by atoms with Gasteiger partial charge in [0.25, 0.3) is 0 Å². The van der Waals surface area contributed by atoms with Gasteiger partial charge in [0.05, 0.1) is 12.0 Å². The van der Waals surface area contributed by atoms with Crippen LogP contribution in [-0.4, -0.2) is 52.5 Å². The second kappa shape index (κ2) is 10.6. The normalized spacial score (nSPS) is 16.2. The fourth-order valence-electron chi connectivity index (χ4n) is 3.73. The summed E-state index contributed by atoms with van der Waals surface area (Å²) < 4.78 is 32.6. The van der Waals surface area contributed by atoms with E-state index in [0.717, 1.165) is 42.2 Å². The Bertz CT molecular complexity index is 985. The van der Waals surface area contributed by atoms with Crippen LogP contribution in [-0.2, 0) is 16.6 Å². The maximum Gasteiger partial charge on any atom is 0.243 e. The van der Waals surface area contributed by atoms with Crippen LogP contribution in [0, 0.1) is 12.8 Å². The van der Waals surface area contributed by atoms with E-state index in [1.54, 1.807) is 42.7 Å². The van der Waals surface area contributed by atoms with Crippen LogP contribution in [0.2, 0.25) is 0 Å². The Morgan fingerprint density at radius 3 is 2.48 bits per heavy atom. The predicted molar refractivity (Wildman–Crippen MR) is 124 cm³/mol. The molecule has 0 amide bonds. The van der Waals surface area contributed by atoms with Crippen LogP contribution in [0.25, 0.3) is 0 Å². The maximum atomic E-state index is 12.8. The number of guanidine groups is 1. The third kappa shape index (κ3) is 5.98. The minimum Gasteiger partial charge on any atom is -0.496 e. The molecule has 0 spiro atoms. The molecule has 0 atom stereocenters. The SMILES string of the molecule is CN=C(NCc1ccc(C)cc1OC)NCC1CCN(S(=O)(=O)c2ccccc2)CC1. The van der Waals surface area contributed by atoms with Crippen LogP contribution in [0.4, 0.5) is 0 Å². The van der Waals surface area contributed by atoms with Crippen molar-refractivity contribution in [2.45, 2.75) is 31.2 Å². The first-order valence-electron chi connectivity index (χ1n) is 10.6. The smallest absolute Gasteiger partial charge is 0.243 e. The Hall–Kier alpha value is -2.58. The van der Waals surface area contributed by atoms with Gasteiger partial charge in [-0.15, -0.1) is 0 Å². The number of hydrogen-bond acceptors (Lipinski definition) is 4. The maximum absolute atomic E-state index is 12.8. The van der Waals surface area contributed by atoms with E-state index in [0.29, 0.717) is 30.4 Å². The van der Waals surface area contributed by atoms with Gasteiger partial charge in [0.1, 0.15) is 5.75 Å². The zero-order chi connectivity index (χ0) is 22.3. The van der Waals surface area contributed by atoms with E-state index in [2.05, 4.69) is 27.8 Å². The number of piperidine rings is 1. The molecular formula is C23H32N4O3S. The van der Waals surface area contributed by atoms with E-state index < -0.39 is 10.0 Å². The molecule has 168 valence electrons. The number of sulfonamides is 1. The summed E-state index contributed by atoms with van der Waals surface area (Å²) in [7, 11) is 0.0177. The van der Waals surface area contributed by atoms with E-state index in [4.69, 9.17) is 4.74 Å². The second-order valence-electron chi connectivity index (χ2n) is 7.78. The largest absolute Gasteiger partial charge is 0.496 e. The van der Waals surface area contributed by atoms with Gasteiger partial charge in [-0.1, -0.05) is 30.3 Å². The predicted octanol–water partition coefficient (Wildman–Crippen LogP) is 2.77. The quantitative estimate of drug-likeness (QED) is 0.507. The summed E-state index contributed by atoms with van der Waals surface area (Å²) in [6, 6.07) is 14.8. The number of rotatable bonds is 7. The number of benzene rings is 2. The van der Waals surface area contributed by atoms with Gasteiger partial charge in [-0.25, -0.2) is 8.42 Å². The average Bonchev–Trinajstić information content (AvgIpc) is 2.80. The number of methoxy groups -OCH3 is 1. The lowest BCUT2D eigenvalue weighted by Gasteiger charge is -2.31. The van der Waals surface area contributed by atoms with E-state index in [1.165, 1.54) is 0 Å². The van der Waals surface area contributed by atoms with Gasteiger partial charge < -0.3 is 15.4 Å². The standard InChI is InChI=1S/C23H32N4O3S/c1-18-9-10-20(22(15-18)30-3)17-26-23(24-2)25-16-19-11-13-27(14-12-19)31(28,29)21-7-5-4-6-8-21/h4-10,15,19H,11-14,16-17H2,1-3H3,(H2,24,25,26). The van der Waals surface area contributed by atoms with Crippen molar-refractivity contribution in [3.8, 4) is 5.75 Å². The van der Waals surface area contributed by atoms with Gasteiger partial charge in [-0.2, -0.15) is 4.31 Å². The molecule has 2 N–H and O–H groups in total. The number of hydrogen-bond donors (Lipinski definition) is 2. The molecule has 1 saturated heterocycles. The average molecular weight is 445 g/mol. The summed E-state index contributed by atoms with van der Waals surface area (Å²) in [6.07, 6.45) is 1.64. The van der Waals surface area contributed by atoms with Crippen LogP contribution >= 0.6 is 0 Å². The van der Waals surface area contributed by atoms with Crippen molar-refractivity contribution in [2.24, 2.45) is 10.9 Å². The topological polar surface area (TPSA) is 83.0 Å². The molecule has 0 aliphatic carbocycles. The molecule has 0 bridgehead atoms. The summed E-state index contributed by atoms with van der Waals surface area (Å²) in [5, 5.41) is 6.70. The van der Waals surface area contributed by atoms with Crippen molar-refractivity contribution in [1.29, 1.82) is 0 Å². The summed E-state index contributed by atoms with van der Waals surface area (Å²) in [5.41, 5.74) is 2.22. The van der Waals surface area contributed by atoms with Crippen LogP contribution in [0.1, 0.15) is 24.0 Å². The molecule has 0 aromatic heterocycles. The van der Waals surface area contributed by atoms with Crippen LogP contribution in [0.5, 0.6) is 5.75 Å². The fourth-order valence-corrected chi connectivity index (χ4v) is 5.22. The summed E-state index contributed by atoms with van der Waals surface area (Å²) in [4.78, 5) is 4.67. The van der Waals surface area contributed by atoms with Crippen molar-refractivity contribution in [2.75, 3.05) is 33.8 Å². The summed E-state index contributed by atoms with van der Waals surface area (Å²) >= 11 is 0. The molecule has 1 heterocycles. The monoisotopic (exact) mass is 444 g/mol. The Labute approximate surface area is 185 Å². The number of aliphatic imine (C=N–C) groups is 1. The summed E-state index contributed by atoms with van der Waals surface area (Å²) in [6.45, 7) is 4.48. The molecule has 1 fully saturated rings. The van der Waals surface area contributed by atoms with Crippen LogP contribution < -0.4 is 15.4 Å². The number of ether oxygens (including phenoxy) is 1. The molecule has 7 nitrogen and oxygen atoms in total. The molecule has 2 aromatic carbocycles. The first kappa shape index (κ1) is 23.1. The molecule has 0 saturated carbocycles. The van der Waals surface area contributed by atoms with E-state index in [-0.39, 0.29) is 0 Å². The molecule has 1 aliphatic rings.